The summed E-state index contributed by atoms with van der Waals surface area (Å²) in [5.41, 5.74) is 6.92. The van der Waals surface area contributed by atoms with Gasteiger partial charge in [0.25, 0.3) is 0 Å². The number of likely N-dealkylation sites (tertiary alicyclic amines) is 1. The Bertz CT molecular complexity index is 440. The number of benzene rings is 1. The number of hydrogen-bond acceptors (Lipinski definition) is 3. The minimum absolute atomic E-state index is 0. The average Bonchev–Trinajstić information content (AvgIpc) is 2.83. The zero-order valence-corrected chi connectivity index (χ0v) is 12.7. The number of ether oxygens (including phenoxy) is 1. The van der Waals surface area contributed by atoms with Crippen LogP contribution in [0.2, 0.25) is 0 Å². The van der Waals surface area contributed by atoms with Crippen molar-refractivity contribution in [3.8, 4) is 5.75 Å². The van der Waals surface area contributed by atoms with Crippen molar-refractivity contribution in [1.29, 1.82) is 0 Å². The number of aryl methyl sites for hydroxylation is 1. The summed E-state index contributed by atoms with van der Waals surface area (Å²) in [5.74, 6) is 1.10. The second-order valence-electron chi connectivity index (χ2n) is 5.11. The largest absolute Gasteiger partial charge is 0.493 e. The molecule has 0 saturated carbocycles. The van der Waals surface area contributed by atoms with E-state index in [1.807, 2.05) is 36.1 Å². The van der Waals surface area contributed by atoms with Crippen molar-refractivity contribution < 1.29 is 9.53 Å². The smallest absolute Gasteiger partial charge is 0.222 e. The van der Waals surface area contributed by atoms with E-state index in [0.717, 1.165) is 30.7 Å². The van der Waals surface area contributed by atoms with Gasteiger partial charge in [-0.15, -0.1) is 12.4 Å². The quantitative estimate of drug-likeness (QED) is 0.847. The Morgan fingerprint density at radius 3 is 2.85 bits per heavy atom. The van der Waals surface area contributed by atoms with E-state index in [9.17, 15) is 4.79 Å². The van der Waals surface area contributed by atoms with E-state index in [1.165, 1.54) is 0 Å². The third-order valence-electron chi connectivity index (χ3n) is 3.46. The van der Waals surface area contributed by atoms with Gasteiger partial charge in [-0.1, -0.05) is 18.2 Å². The van der Waals surface area contributed by atoms with Gasteiger partial charge in [-0.3, -0.25) is 4.79 Å². The van der Waals surface area contributed by atoms with Crippen LogP contribution in [0.4, 0.5) is 0 Å². The van der Waals surface area contributed by atoms with E-state index in [4.69, 9.17) is 10.5 Å². The van der Waals surface area contributed by atoms with Crippen molar-refractivity contribution in [2.45, 2.75) is 32.2 Å². The van der Waals surface area contributed by atoms with Crippen LogP contribution in [0.5, 0.6) is 5.75 Å². The van der Waals surface area contributed by atoms with Crippen molar-refractivity contribution >= 4 is 18.3 Å². The summed E-state index contributed by atoms with van der Waals surface area (Å²) >= 11 is 0. The molecule has 112 valence electrons. The second kappa shape index (κ2) is 8.12. The Balaban J connectivity index is 0.00000200. The molecule has 1 amide bonds. The first-order valence-electron chi connectivity index (χ1n) is 6.88. The molecular formula is C15H23ClN2O2. The molecule has 1 aliphatic rings. The summed E-state index contributed by atoms with van der Waals surface area (Å²) in [5, 5.41) is 0. The standard InChI is InChI=1S/C15H22N2O2.ClH/c1-12-5-2-3-6-14(12)19-10-4-7-15(18)17-9-8-13(16)11-17;/h2-3,5-6,13H,4,7-11,16H2,1H3;1H/t13-;/m1./s1. The van der Waals surface area contributed by atoms with Crippen LogP contribution in [0.3, 0.4) is 0 Å². The summed E-state index contributed by atoms with van der Waals surface area (Å²) in [4.78, 5) is 13.7. The molecule has 1 fully saturated rings. The molecule has 0 spiro atoms. The average molecular weight is 299 g/mol. The molecule has 1 aromatic rings. The van der Waals surface area contributed by atoms with Crippen LogP contribution in [-0.4, -0.2) is 36.5 Å². The molecule has 0 unspecified atom stereocenters. The Morgan fingerprint density at radius 2 is 2.20 bits per heavy atom. The first-order chi connectivity index (χ1) is 9.16. The summed E-state index contributed by atoms with van der Waals surface area (Å²) in [7, 11) is 0. The third-order valence-corrected chi connectivity index (χ3v) is 3.46. The minimum Gasteiger partial charge on any atom is -0.493 e. The van der Waals surface area contributed by atoms with Gasteiger partial charge in [-0.25, -0.2) is 0 Å². The number of hydrogen-bond donors (Lipinski definition) is 1. The molecule has 0 aliphatic carbocycles. The van der Waals surface area contributed by atoms with Gasteiger partial charge < -0.3 is 15.4 Å². The summed E-state index contributed by atoms with van der Waals surface area (Å²) < 4.78 is 5.68. The molecule has 2 rings (SSSR count). The minimum atomic E-state index is 0. The van der Waals surface area contributed by atoms with E-state index < -0.39 is 0 Å². The van der Waals surface area contributed by atoms with E-state index in [-0.39, 0.29) is 24.4 Å². The lowest BCUT2D eigenvalue weighted by Gasteiger charge is -2.15. The Labute approximate surface area is 126 Å². The van der Waals surface area contributed by atoms with E-state index in [0.29, 0.717) is 19.6 Å². The van der Waals surface area contributed by atoms with Crippen molar-refractivity contribution in [2.75, 3.05) is 19.7 Å². The predicted molar refractivity (Wildman–Crippen MR) is 82.3 cm³/mol. The number of para-hydroxylation sites is 1. The lowest BCUT2D eigenvalue weighted by molar-refractivity contribution is -0.130. The van der Waals surface area contributed by atoms with Gasteiger partial charge in [-0.05, 0) is 31.4 Å². The van der Waals surface area contributed by atoms with Crippen LogP contribution in [0.1, 0.15) is 24.8 Å². The predicted octanol–water partition coefficient (Wildman–Crippen LogP) is 2.14. The number of carbonyl (C=O) groups is 1. The topological polar surface area (TPSA) is 55.6 Å². The number of rotatable bonds is 5. The van der Waals surface area contributed by atoms with Crippen LogP contribution < -0.4 is 10.5 Å². The summed E-state index contributed by atoms with van der Waals surface area (Å²) in [6.45, 7) is 4.11. The molecule has 0 aromatic heterocycles. The van der Waals surface area contributed by atoms with Gasteiger partial charge in [-0.2, -0.15) is 0 Å². The zero-order chi connectivity index (χ0) is 13.7. The number of nitrogens with two attached hydrogens (primary N) is 1. The zero-order valence-electron chi connectivity index (χ0n) is 11.9. The Hall–Kier alpha value is -1.26. The van der Waals surface area contributed by atoms with Gasteiger partial charge in [0, 0.05) is 25.6 Å². The second-order valence-corrected chi connectivity index (χ2v) is 5.11. The molecule has 4 nitrogen and oxygen atoms in total. The maximum absolute atomic E-state index is 11.9. The van der Waals surface area contributed by atoms with Crippen molar-refractivity contribution in [3.05, 3.63) is 29.8 Å². The van der Waals surface area contributed by atoms with Crippen LogP contribution >= 0.6 is 12.4 Å². The first-order valence-corrected chi connectivity index (χ1v) is 6.88. The fourth-order valence-corrected chi connectivity index (χ4v) is 2.30. The molecule has 1 heterocycles. The molecule has 0 bridgehead atoms. The molecule has 20 heavy (non-hydrogen) atoms. The van der Waals surface area contributed by atoms with Crippen LogP contribution in [0, 0.1) is 6.92 Å². The summed E-state index contributed by atoms with van der Waals surface area (Å²) in [6.07, 6.45) is 2.21. The molecule has 2 N–H and O–H groups in total. The molecule has 0 radical (unpaired) electrons. The van der Waals surface area contributed by atoms with Crippen LogP contribution in [0.25, 0.3) is 0 Å². The van der Waals surface area contributed by atoms with Crippen molar-refractivity contribution in [2.24, 2.45) is 5.73 Å². The Kier molecular flexibility index (Phi) is 6.82. The number of amides is 1. The number of halogens is 1. The molecule has 1 saturated heterocycles. The maximum atomic E-state index is 11.9. The highest BCUT2D eigenvalue weighted by molar-refractivity contribution is 5.85. The highest BCUT2D eigenvalue weighted by Crippen LogP contribution is 2.16. The van der Waals surface area contributed by atoms with E-state index >= 15 is 0 Å². The van der Waals surface area contributed by atoms with Crippen LogP contribution in [0.15, 0.2) is 24.3 Å². The lowest BCUT2D eigenvalue weighted by Crippen LogP contribution is -2.31. The highest BCUT2D eigenvalue weighted by Gasteiger charge is 2.22. The monoisotopic (exact) mass is 298 g/mol. The first kappa shape index (κ1) is 16.8. The van der Waals surface area contributed by atoms with Crippen LogP contribution in [-0.2, 0) is 4.79 Å². The molecule has 1 aliphatic heterocycles. The fraction of sp³-hybridized carbons (Fsp3) is 0.533. The maximum Gasteiger partial charge on any atom is 0.222 e. The van der Waals surface area contributed by atoms with E-state index in [1.54, 1.807) is 0 Å². The van der Waals surface area contributed by atoms with Gasteiger partial charge in [0.15, 0.2) is 0 Å². The van der Waals surface area contributed by atoms with Gasteiger partial charge in [0.05, 0.1) is 6.61 Å². The van der Waals surface area contributed by atoms with Crippen molar-refractivity contribution in [1.82, 2.24) is 4.90 Å². The third kappa shape index (κ3) is 4.69. The van der Waals surface area contributed by atoms with Gasteiger partial charge >= 0.3 is 0 Å². The van der Waals surface area contributed by atoms with Gasteiger partial charge in [0.2, 0.25) is 5.91 Å². The highest BCUT2D eigenvalue weighted by atomic mass is 35.5. The lowest BCUT2D eigenvalue weighted by atomic mass is 10.2. The van der Waals surface area contributed by atoms with E-state index in [2.05, 4.69) is 0 Å². The molecular weight excluding hydrogens is 276 g/mol. The van der Waals surface area contributed by atoms with Crippen molar-refractivity contribution in [3.63, 3.8) is 0 Å². The fourth-order valence-electron chi connectivity index (χ4n) is 2.30. The number of carbonyl (C=O) groups excluding carboxylic acids is 1. The van der Waals surface area contributed by atoms with Gasteiger partial charge in [0.1, 0.15) is 5.75 Å². The summed E-state index contributed by atoms with van der Waals surface area (Å²) in [6, 6.07) is 8.08. The molecule has 1 aromatic carbocycles. The number of nitrogens with zero attached hydrogens (tertiary/aromatic N) is 1. The SMILES string of the molecule is Cc1ccccc1OCCCC(=O)N1CC[C@@H](N)C1.Cl. The Morgan fingerprint density at radius 1 is 1.45 bits per heavy atom. The normalized spacial score (nSPS) is 17.7. The molecule has 5 heteroatoms. The molecule has 1 atom stereocenters.